The quantitative estimate of drug-likeness (QED) is 0.391. The van der Waals surface area contributed by atoms with Crippen LogP contribution in [0.4, 0.5) is 13.2 Å². The Labute approximate surface area is 189 Å². The molecule has 2 aromatic rings. The summed E-state index contributed by atoms with van der Waals surface area (Å²) in [5.41, 5.74) is 2.36. The van der Waals surface area contributed by atoms with Crippen LogP contribution in [0, 0.1) is 0 Å². The zero-order valence-corrected chi connectivity index (χ0v) is 18.5. The topological polar surface area (TPSA) is 75.7 Å². The van der Waals surface area contributed by atoms with Crippen molar-refractivity contribution < 1.29 is 21.6 Å². The summed E-state index contributed by atoms with van der Waals surface area (Å²) in [6.45, 7) is 1.55. The smallest absolute Gasteiger partial charge is 0.359 e. The summed E-state index contributed by atoms with van der Waals surface area (Å²) in [4.78, 5) is 11.2. The predicted molar refractivity (Wildman–Crippen MR) is 119 cm³/mol. The van der Waals surface area contributed by atoms with Gasteiger partial charge in [0.05, 0.1) is 28.4 Å². The van der Waals surface area contributed by atoms with Crippen LogP contribution in [0.1, 0.15) is 36.8 Å². The number of halogens is 3. The molecule has 0 saturated heterocycles. The predicted octanol–water partition coefficient (Wildman–Crippen LogP) is 5.93. The number of H-pyrrole nitrogens is 1. The highest BCUT2D eigenvalue weighted by Crippen LogP contribution is 2.42. The first-order valence-electron chi connectivity index (χ1n) is 10.6. The minimum absolute atomic E-state index is 0.0329. The van der Waals surface area contributed by atoms with E-state index in [1.807, 2.05) is 24.3 Å². The minimum atomic E-state index is -4.52. The van der Waals surface area contributed by atoms with Gasteiger partial charge in [-0.25, -0.2) is 13.4 Å². The molecule has 170 valence electrons. The molecule has 0 amide bonds. The van der Waals surface area contributed by atoms with Gasteiger partial charge >= 0.3 is 6.18 Å². The Morgan fingerprint density at radius 1 is 1.06 bits per heavy atom. The molecule has 1 aromatic carbocycles. The molecule has 5 nitrogen and oxygen atoms in total. The number of aromatic amines is 1. The second-order valence-corrected chi connectivity index (χ2v) is 10.4. The Morgan fingerprint density at radius 3 is 2.42 bits per heavy atom. The van der Waals surface area contributed by atoms with E-state index < -0.39 is 21.6 Å². The second kappa shape index (κ2) is 7.69. The lowest BCUT2D eigenvalue weighted by Gasteiger charge is -2.13. The van der Waals surface area contributed by atoms with Gasteiger partial charge in [-0.3, -0.25) is 4.98 Å². The van der Waals surface area contributed by atoms with Crippen molar-refractivity contribution in [2.24, 2.45) is 0 Å². The van der Waals surface area contributed by atoms with Crippen molar-refractivity contribution in [3.63, 3.8) is 0 Å². The number of aromatic nitrogens is 3. The summed E-state index contributed by atoms with van der Waals surface area (Å²) in [7, 11) is -3.73. The summed E-state index contributed by atoms with van der Waals surface area (Å²) < 4.78 is 65.6. The highest BCUT2D eigenvalue weighted by molar-refractivity contribution is 7.91. The maximum absolute atomic E-state index is 13.2. The molecular formula is C24H20F3N3O2S. The number of pyridine rings is 2. The van der Waals surface area contributed by atoms with Gasteiger partial charge in [0.15, 0.2) is 9.84 Å². The fraction of sp³-hybridized carbons (Fsp3) is 0.250. The number of nitrogens with one attached hydrogen (secondary N) is 1. The molecule has 0 unspecified atom stereocenters. The van der Waals surface area contributed by atoms with Crippen molar-refractivity contribution in [3.8, 4) is 33.9 Å². The van der Waals surface area contributed by atoms with Crippen LogP contribution in [0.25, 0.3) is 33.9 Å². The fourth-order valence-electron chi connectivity index (χ4n) is 3.96. The molecule has 0 bridgehead atoms. The minimum Gasteiger partial charge on any atom is -0.359 e. The molecule has 3 heterocycles. The van der Waals surface area contributed by atoms with E-state index in [1.54, 1.807) is 13.0 Å². The summed E-state index contributed by atoms with van der Waals surface area (Å²) in [5.74, 6) is 0.424. The van der Waals surface area contributed by atoms with Crippen molar-refractivity contribution >= 4 is 9.84 Å². The average molecular weight is 472 g/mol. The van der Waals surface area contributed by atoms with Gasteiger partial charge in [0, 0.05) is 18.0 Å². The number of fused-ring (bicyclic) bond motifs is 1. The van der Waals surface area contributed by atoms with E-state index in [2.05, 4.69) is 15.0 Å². The second-order valence-electron chi connectivity index (χ2n) is 8.16. The van der Waals surface area contributed by atoms with E-state index in [9.17, 15) is 21.6 Å². The van der Waals surface area contributed by atoms with E-state index in [1.165, 1.54) is 17.8 Å². The number of alkyl halides is 3. The highest BCUT2D eigenvalue weighted by atomic mass is 32.2. The SMILES string of the molecule is CCS(=O)(=O)c1c(-c2ccc(C3CC3)cc2)ccnc1-c1cc2[nH]cc(C(F)(F)F)cc-2n1. The summed E-state index contributed by atoms with van der Waals surface area (Å²) in [5, 5.41) is 0. The van der Waals surface area contributed by atoms with Gasteiger partial charge in [0.2, 0.25) is 0 Å². The molecule has 1 N–H and O–H groups in total. The molecule has 5 rings (SSSR count). The molecule has 1 fully saturated rings. The van der Waals surface area contributed by atoms with Gasteiger partial charge in [0.25, 0.3) is 0 Å². The van der Waals surface area contributed by atoms with E-state index in [0.29, 0.717) is 17.2 Å². The van der Waals surface area contributed by atoms with Crippen molar-refractivity contribution in [1.29, 1.82) is 0 Å². The zero-order chi connectivity index (χ0) is 23.4. The van der Waals surface area contributed by atoms with Gasteiger partial charge in [0.1, 0.15) is 10.6 Å². The van der Waals surface area contributed by atoms with Gasteiger partial charge < -0.3 is 4.98 Å². The van der Waals surface area contributed by atoms with Crippen molar-refractivity contribution in [1.82, 2.24) is 15.0 Å². The summed E-state index contributed by atoms with van der Waals surface area (Å²) in [6, 6.07) is 11.9. The molecule has 1 aliphatic carbocycles. The number of benzene rings is 1. The highest BCUT2D eigenvalue weighted by Gasteiger charge is 2.32. The monoisotopic (exact) mass is 471 g/mol. The lowest BCUT2D eigenvalue weighted by molar-refractivity contribution is -0.137. The zero-order valence-electron chi connectivity index (χ0n) is 17.6. The third-order valence-electron chi connectivity index (χ3n) is 5.91. The van der Waals surface area contributed by atoms with Crippen molar-refractivity contribution in [2.45, 2.75) is 36.8 Å². The van der Waals surface area contributed by atoms with Gasteiger partial charge in [-0.2, -0.15) is 13.2 Å². The van der Waals surface area contributed by atoms with Crippen molar-refractivity contribution in [3.05, 3.63) is 66.0 Å². The molecule has 0 atom stereocenters. The van der Waals surface area contributed by atoms with Crippen LogP contribution >= 0.6 is 0 Å². The third-order valence-corrected chi connectivity index (χ3v) is 7.70. The van der Waals surface area contributed by atoms with Gasteiger partial charge in [-0.15, -0.1) is 0 Å². The van der Waals surface area contributed by atoms with Crippen LogP contribution in [0.3, 0.4) is 0 Å². The van der Waals surface area contributed by atoms with Crippen LogP contribution in [0.15, 0.2) is 59.8 Å². The molecule has 1 saturated carbocycles. The Hall–Kier alpha value is -3.20. The van der Waals surface area contributed by atoms with E-state index >= 15 is 0 Å². The molecule has 33 heavy (non-hydrogen) atoms. The molecule has 1 aromatic heterocycles. The Balaban J connectivity index is 1.68. The number of sulfone groups is 1. The largest absolute Gasteiger partial charge is 0.417 e. The first-order valence-corrected chi connectivity index (χ1v) is 12.2. The maximum Gasteiger partial charge on any atom is 0.417 e. The van der Waals surface area contributed by atoms with E-state index in [4.69, 9.17) is 0 Å². The Kier molecular flexibility index (Phi) is 5.04. The van der Waals surface area contributed by atoms with Gasteiger partial charge in [-0.05, 0) is 48.1 Å². The van der Waals surface area contributed by atoms with Crippen LogP contribution in [0.2, 0.25) is 0 Å². The number of nitrogens with zero attached hydrogens (tertiary/aromatic N) is 2. The Bertz CT molecular complexity index is 1410. The fourth-order valence-corrected chi connectivity index (χ4v) is 5.22. The summed E-state index contributed by atoms with van der Waals surface area (Å²) in [6.07, 6.45) is 0.168. The normalized spacial score (nSPS) is 14.7. The first-order chi connectivity index (χ1) is 15.7. The lowest BCUT2D eigenvalue weighted by Crippen LogP contribution is -2.09. The molecule has 0 radical (unpaired) electrons. The standard InChI is InChI=1S/C24H20F3N3O2S/c1-2-33(31,32)23-18(16-7-5-15(6-8-16)14-3-4-14)9-10-28-22(23)21-12-19-20(30-21)11-17(13-29-19)24(25,26)27/h5-14,29H,2-4H2,1H3. The number of hydrogen-bond acceptors (Lipinski definition) is 4. The Morgan fingerprint density at radius 2 is 1.79 bits per heavy atom. The van der Waals surface area contributed by atoms with E-state index in [0.717, 1.165) is 30.7 Å². The van der Waals surface area contributed by atoms with Crippen molar-refractivity contribution in [2.75, 3.05) is 5.75 Å². The maximum atomic E-state index is 13.2. The van der Waals surface area contributed by atoms with E-state index in [-0.39, 0.29) is 27.7 Å². The van der Waals surface area contributed by atoms with Gasteiger partial charge in [-0.1, -0.05) is 31.2 Å². The average Bonchev–Trinajstić information content (AvgIpc) is 3.56. The molecule has 3 aliphatic rings. The molecule has 9 heteroatoms. The number of rotatable bonds is 5. The van der Waals surface area contributed by atoms with Crippen LogP contribution in [0.5, 0.6) is 0 Å². The van der Waals surface area contributed by atoms with Crippen LogP contribution in [-0.2, 0) is 16.0 Å². The molecule has 0 spiro atoms. The van der Waals surface area contributed by atoms with Crippen LogP contribution < -0.4 is 0 Å². The third kappa shape index (κ3) is 4.01. The first kappa shape index (κ1) is 21.6. The summed E-state index contributed by atoms with van der Waals surface area (Å²) >= 11 is 0. The van der Waals surface area contributed by atoms with Crippen LogP contribution in [-0.4, -0.2) is 29.1 Å². The molecular weight excluding hydrogens is 451 g/mol. The number of hydrogen-bond donors (Lipinski definition) is 1. The lowest BCUT2D eigenvalue weighted by atomic mass is 10.0. The molecule has 2 aliphatic heterocycles.